The zero-order valence-corrected chi connectivity index (χ0v) is 12.7. The van der Waals surface area contributed by atoms with Gasteiger partial charge >= 0.3 is 0 Å². The van der Waals surface area contributed by atoms with Crippen LogP contribution in [0.25, 0.3) is 10.8 Å². The van der Waals surface area contributed by atoms with E-state index < -0.39 is 30.8 Å². The van der Waals surface area contributed by atoms with E-state index in [1.54, 1.807) is 7.11 Å². The molecule has 2 N–H and O–H groups in total. The fourth-order valence-electron chi connectivity index (χ4n) is 2.89. The van der Waals surface area contributed by atoms with Crippen LogP contribution in [0.3, 0.4) is 0 Å². The fraction of sp³-hybridized carbons (Fsp3) is 0.353. The Morgan fingerprint density at radius 1 is 1.35 bits per heavy atom. The second-order valence-corrected chi connectivity index (χ2v) is 5.68. The molecule has 0 aromatic heterocycles. The smallest absolute Gasteiger partial charge is 0.262 e. The number of hydrogen-bond donors (Lipinski definition) is 2. The van der Waals surface area contributed by atoms with Gasteiger partial charge in [-0.05, 0) is 16.8 Å². The zero-order chi connectivity index (χ0) is 16.4. The summed E-state index contributed by atoms with van der Waals surface area (Å²) in [6.45, 7) is -0.226. The molecule has 1 fully saturated rings. The van der Waals surface area contributed by atoms with Crippen molar-refractivity contribution in [2.75, 3.05) is 13.7 Å². The number of nitrogens with one attached hydrogen (secondary N) is 2. The number of rotatable bonds is 4. The van der Waals surface area contributed by atoms with Crippen LogP contribution in [0.4, 0.5) is 8.78 Å². The predicted octanol–water partition coefficient (Wildman–Crippen LogP) is 2.46. The molecule has 1 unspecified atom stereocenters. The van der Waals surface area contributed by atoms with E-state index in [0.717, 1.165) is 16.3 Å². The van der Waals surface area contributed by atoms with Crippen molar-refractivity contribution in [3.63, 3.8) is 0 Å². The minimum Gasteiger partial charge on any atom is -0.496 e. The van der Waals surface area contributed by atoms with Crippen LogP contribution in [0, 0.1) is 0 Å². The molecular formula is C17H18F2N2O2. The quantitative estimate of drug-likeness (QED) is 0.910. The van der Waals surface area contributed by atoms with Crippen molar-refractivity contribution in [3.05, 3.63) is 42.0 Å². The van der Waals surface area contributed by atoms with Crippen molar-refractivity contribution in [1.82, 2.24) is 10.6 Å². The maximum Gasteiger partial charge on any atom is 0.262 e. The number of hydrogen-bond acceptors (Lipinski definition) is 3. The molecule has 0 bridgehead atoms. The summed E-state index contributed by atoms with van der Waals surface area (Å²) in [5.41, 5.74) is 0.837. The zero-order valence-electron chi connectivity index (χ0n) is 12.7. The van der Waals surface area contributed by atoms with Crippen molar-refractivity contribution in [2.24, 2.45) is 0 Å². The van der Waals surface area contributed by atoms with Crippen molar-refractivity contribution in [1.29, 1.82) is 0 Å². The van der Waals surface area contributed by atoms with Crippen molar-refractivity contribution >= 4 is 16.7 Å². The first-order valence-corrected chi connectivity index (χ1v) is 7.44. The minimum atomic E-state index is -2.82. The topological polar surface area (TPSA) is 50.4 Å². The number of halogens is 2. The van der Waals surface area contributed by atoms with Gasteiger partial charge in [0.15, 0.2) is 0 Å². The summed E-state index contributed by atoms with van der Waals surface area (Å²) in [5.74, 6) is -2.58. The summed E-state index contributed by atoms with van der Waals surface area (Å²) in [4.78, 5) is 12.1. The highest BCUT2D eigenvalue weighted by Crippen LogP contribution is 2.28. The summed E-state index contributed by atoms with van der Waals surface area (Å²) >= 11 is 0. The molecule has 2 aromatic carbocycles. The lowest BCUT2D eigenvalue weighted by Gasteiger charge is -2.15. The van der Waals surface area contributed by atoms with Gasteiger partial charge in [-0.25, -0.2) is 8.78 Å². The fourth-order valence-corrected chi connectivity index (χ4v) is 2.89. The first-order chi connectivity index (χ1) is 11.0. The van der Waals surface area contributed by atoms with Gasteiger partial charge in [0.25, 0.3) is 5.92 Å². The van der Waals surface area contributed by atoms with Crippen LogP contribution in [-0.4, -0.2) is 31.5 Å². The number of carbonyl (C=O) groups is 1. The molecule has 6 heteroatoms. The Kier molecular flexibility index (Phi) is 4.17. The van der Waals surface area contributed by atoms with Crippen LogP contribution >= 0.6 is 0 Å². The Balaban J connectivity index is 1.78. The molecule has 3 rings (SSSR count). The molecule has 122 valence electrons. The molecule has 1 aliphatic heterocycles. The van der Waals surface area contributed by atoms with Gasteiger partial charge in [-0.15, -0.1) is 0 Å². The second kappa shape index (κ2) is 6.12. The van der Waals surface area contributed by atoms with Crippen LogP contribution in [0.2, 0.25) is 0 Å². The molecule has 2 aromatic rings. The van der Waals surface area contributed by atoms with Crippen molar-refractivity contribution in [3.8, 4) is 5.75 Å². The Bertz CT molecular complexity index is 734. The number of fused-ring (bicyclic) bond motifs is 1. The lowest BCUT2D eigenvalue weighted by atomic mass is 10.0. The molecule has 0 radical (unpaired) electrons. The summed E-state index contributed by atoms with van der Waals surface area (Å²) in [7, 11) is 1.56. The number of carbonyl (C=O) groups excluding carboxylic acids is 1. The largest absolute Gasteiger partial charge is 0.496 e. The second-order valence-electron chi connectivity index (χ2n) is 5.68. The predicted molar refractivity (Wildman–Crippen MR) is 83.7 cm³/mol. The lowest BCUT2D eigenvalue weighted by Crippen LogP contribution is -2.40. The standard InChI is InChI=1S/C17H18F2N2O2/c1-23-15-7-6-11-4-2-3-5-12(11)13(15)9-20-16(22)14-8-17(18,19)10-21-14/h2-7,14,21H,8-10H2,1H3,(H,20,22). The van der Waals surface area contributed by atoms with E-state index in [9.17, 15) is 13.6 Å². The van der Waals surface area contributed by atoms with E-state index in [-0.39, 0.29) is 6.54 Å². The molecule has 23 heavy (non-hydrogen) atoms. The molecule has 1 saturated heterocycles. The Morgan fingerprint density at radius 2 is 2.13 bits per heavy atom. The Morgan fingerprint density at radius 3 is 2.83 bits per heavy atom. The van der Waals surface area contributed by atoms with E-state index in [0.29, 0.717) is 5.75 Å². The molecular weight excluding hydrogens is 302 g/mol. The molecule has 1 aliphatic rings. The highest BCUT2D eigenvalue weighted by atomic mass is 19.3. The van der Waals surface area contributed by atoms with Gasteiger partial charge in [0.2, 0.25) is 5.91 Å². The lowest BCUT2D eigenvalue weighted by molar-refractivity contribution is -0.123. The van der Waals surface area contributed by atoms with E-state index in [2.05, 4.69) is 10.6 Å². The monoisotopic (exact) mass is 320 g/mol. The molecule has 0 saturated carbocycles. The number of alkyl halides is 2. The number of methoxy groups -OCH3 is 1. The maximum atomic E-state index is 13.2. The summed E-state index contributed by atoms with van der Waals surface area (Å²) in [6.07, 6.45) is -0.467. The van der Waals surface area contributed by atoms with Gasteiger partial charge in [-0.3, -0.25) is 10.1 Å². The van der Waals surface area contributed by atoms with Crippen molar-refractivity contribution < 1.29 is 18.3 Å². The van der Waals surface area contributed by atoms with Crippen LogP contribution in [-0.2, 0) is 11.3 Å². The molecule has 1 amide bonds. The van der Waals surface area contributed by atoms with Crippen LogP contribution in [0.1, 0.15) is 12.0 Å². The maximum absolute atomic E-state index is 13.2. The van der Waals surface area contributed by atoms with E-state index >= 15 is 0 Å². The summed E-state index contributed by atoms with van der Waals surface area (Å²) < 4.78 is 31.7. The van der Waals surface area contributed by atoms with Gasteiger partial charge in [-0.2, -0.15) is 0 Å². The van der Waals surface area contributed by atoms with Gasteiger partial charge < -0.3 is 10.1 Å². The highest BCUT2D eigenvalue weighted by Gasteiger charge is 2.42. The average molecular weight is 320 g/mol. The average Bonchev–Trinajstić information content (AvgIpc) is 2.92. The number of ether oxygens (including phenoxy) is 1. The van der Waals surface area contributed by atoms with Crippen LogP contribution in [0.5, 0.6) is 5.75 Å². The third kappa shape index (κ3) is 3.27. The number of benzene rings is 2. The van der Waals surface area contributed by atoms with Gasteiger partial charge in [-0.1, -0.05) is 30.3 Å². The minimum absolute atomic E-state index is 0.229. The molecule has 1 heterocycles. The third-order valence-corrected chi connectivity index (χ3v) is 4.08. The van der Waals surface area contributed by atoms with E-state index in [4.69, 9.17) is 4.74 Å². The van der Waals surface area contributed by atoms with Gasteiger partial charge in [0, 0.05) is 18.5 Å². The van der Waals surface area contributed by atoms with Gasteiger partial charge in [0.1, 0.15) is 5.75 Å². The molecule has 0 aliphatic carbocycles. The molecule has 1 atom stereocenters. The summed E-state index contributed by atoms with van der Waals surface area (Å²) in [6, 6.07) is 10.7. The van der Waals surface area contributed by atoms with E-state index in [1.807, 2.05) is 36.4 Å². The van der Waals surface area contributed by atoms with Crippen molar-refractivity contribution in [2.45, 2.75) is 24.9 Å². The third-order valence-electron chi connectivity index (χ3n) is 4.08. The Hall–Kier alpha value is -2.21. The van der Waals surface area contributed by atoms with Gasteiger partial charge in [0.05, 0.1) is 19.7 Å². The first kappa shape index (κ1) is 15.7. The van der Waals surface area contributed by atoms with E-state index in [1.165, 1.54) is 0 Å². The SMILES string of the molecule is COc1ccc2ccccc2c1CNC(=O)C1CC(F)(F)CN1. The van der Waals surface area contributed by atoms with Crippen LogP contribution in [0.15, 0.2) is 36.4 Å². The highest BCUT2D eigenvalue weighted by molar-refractivity contribution is 5.88. The normalized spacial score (nSPS) is 19.7. The van der Waals surface area contributed by atoms with Crippen LogP contribution < -0.4 is 15.4 Å². The molecule has 4 nitrogen and oxygen atoms in total. The first-order valence-electron chi connectivity index (χ1n) is 7.44. The summed E-state index contributed by atoms with van der Waals surface area (Å²) in [5, 5.41) is 7.29. The Labute approximate surface area is 132 Å². The number of amides is 1. The molecule has 0 spiro atoms.